The van der Waals surface area contributed by atoms with Crippen LogP contribution in [-0.2, 0) is 25.3 Å². The van der Waals surface area contributed by atoms with Crippen molar-refractivity contribution in [3.8, 4) is 6.07 Å². The van der Waals surface area contributed by atoms with Gasteiger partial charge < -0.3 is 13.9 Å². The van der Waals surface area contributed by atoms with Crippen LogP contribution in [0.1, 0.15) is 59.9 Å². The molecule has 0 spiro atoms. The van der Waals surface area contributed by atoms with E-state index in [9.17, 15) is 10.1 Å². The van der Waals surface area contributed by atoms with Crippen molar-refractivity contribution in [1.82, 2.24) is 0 Å². The van der Waals surface area contributed by atoms with Crippen LogP contribution in [0.4, 0.5) is 0 Å². The van der Waals surface area contributed by atoms with Crippen molar-refractivity contribution < 1.29 is 18.7 Å². The van der Waals surface area contributed by atoms with Gasteiger partial charge in [0.25, 0.3) is 0 Å². The van der Waals surface area contributed by atoms with Gasteiger partial charge in [0.1, 0.15) is 12.4 Å². The van der Waals surface area contributed by atoms with Crippen LogP contribution in [0.25, 0.3) is 0 Å². The summed E-state index contributed by atoms with van der Waals surface area (Å²) in [4.78, 5) is 11.6. The molecule has 0 fully saturated rings. The van der Waals surface area contributed by atoms with Crippen LogP contribution >= 0.6 is 0 Å². The molecular weight excluding hydrogens is 430 g/mol. The topological polar surface area (TPSA) is 68.6 Å². The van der Waals surface area contributed by atoms with Gasteiger partial charge in [0.05, 0.1) is 23.9 Å². The summed E-state index contributed by atoms with van der Waals surface area (Å²) in [6.45, 7) is 16.8. The number of carbonyl (C=O) groups is 1. The van der Waals surface area contributed by atoms with Crippen molar-refractivity contribution >= 4 is 14.3 Å². The highest BCUT2D eigenvalue weighted by atomic mass is 28.4. The zero-order valence-corrected chi connectivity index (χ0v) is 22.4. The van der Waals surface area contributed by atoms with Crippen LogP contribution in [-0.4, -0.2) is 20.4 Å². The average Bonchev–Trinajstić information content (AvgIpc) is 2.72. The number of esters is 1. The Bertz CT molecular complexity index is 926. The Hall–Kier alpha value is -2.36. The molecule has 0 amide bonds. The van der Waals surface area contributed by atoms with Gasteiger partial charge in [-0.25, -0.2) is 0 Å². The molecular formula is C27H39NO4Si. The smallest absolute Gasteiger partial charge is 0.307 e. The van der Waals surface area contributed by atoms with Crippen LogP contribution in [0.5, 0.6) is 0 Å². The van der Waals surface area contributed by atoms with Crippen LogP contribution in [0.15, 0.2) is 54.5 Å². The number of hydrogen-bond acceptors (Lipinski definition) is 5. The average molecular weight is 470 g/mol. The summed E-state index contributed by atoms with van der Waals surface area (Å²) in [6, 6.07) is 12.4. The maximum absolute atomic E-state index is 11.6. The van der Waals surface area contributed by atoms with Crippen LogP contribution in [0, 0.1) is 22.2 Å². The van der Waals surface area contributed by atoms with Crippen LogP contribution < -0.4 is 0 Å². The molecule has 33 heavy (non-hydrogen) atoms. The first-order valence-corrected chi connectivity index (χ1v) is 14.5. The van der Waals surface area contributed by atoms with E-state index in [1.165, 1.54) is 6.92 Å². The lowest BCUT2D eigenvalue weighted by Crippen LogP contribution is -2.53. The second kappa shape index (κ2) is 10.3. The molecule has 1 aromatic carbocycles. The number of nitrogens with zero attached hydrogens (tertiary/aromatic N) is 1. The van der Waals surface area contributed by atoms with Gasteiger partial charge >= 0.3 is 5.97 Å². The first kappa shape index (κ1) is 26.9. The third kappa shape index (κ3) is 6.36. The van der Waals surface area contributed by atoms with E-state index in [0.717, 1.165) is 5.56 Å². The summed E-state index contributed by atoms with van der Waals surface area (Å²) < 4.78 is 18.1. The Kier molecular flexibility index (Phi) is 8.37. The highest BCUT2D eigenvalue weighted by Gasteiger charge is 2.53. The molecule has 0 aromatic heterocycles. The fourth-order valence-electron chi connectivity index (χ4n) is 3.78. The van der Waals surface area contributed by atoms with Crippen molar-refractivity contribution in [2.45, 2.75) is 85.2 Å². The third-order valence-electron chi connectivity index (χ3n) is 7.24. The Labute approximate surface area is 200 Å². The van der Waals surface area contributed by atoms with Gasteiger partial charge in [0.2, 0.25) is 0 Å². The molecule has 0 saturated heterocycles. The van der Waals surface area contributed by atoms with Gasteiger partial charge in [-0.15, -0.1) is 0 Å². The fourth-order valence-corrected chi connectivity index (χ4v) is 5.20. The Morgan fingerprint density at radius 3 is 2.42 bits per heavy atom. The lowest BCUT2D eigenvalue weighted by molar-refractivity contribution is -0.137. The number of carbonyl (C=O) groups excluding carboxylic acids is 1. The van der Waals surface area contributed by atoms with E-state index in [4.69, 9.17) is 13.9 Å². The van der Waals surface area contributed by atoms with Crippen LogP contribution in [0.2, 0.25) is 18.1 Å². The standard InChI is InChI=1S/C27H39NO4Si/c1-21(29)31-23-14-15-24(32-33(7,8)25(2,3)4)27(6,18-23)26(5,20-28)16-17-30-19-22-12-10-9-11-13-22/h9-13,16-18,24H,14-15,19H2,1-8H3/b17-16-/t24-,26-,27-/m0/s1. The molecule has 1 aromatic rings. The number of benzene rings is 1. The number of hydrogen-bond donors (Lipinski definition) is 0. The molecule has 5 nitrogen and oxygen atoms in total. The maximum Gasteiger partial charge on any atom is 0.307 e. The first-order valence-electron chi connectivity index (χ1n) is 11.6. The van der Waals surface area contributed by atoms with Gasteiger partial charge in [0, 0.05) is 18.8 Å². The van der Waals surface area contributed by atoms with Crippen molar-refractivity contribution in [3.05, 3.63) is 60.1 Å². The van der Waals surface area contributed by atoms with Crippen molar-refractivity contribution in [2.75, 3.05) is 0 Å². The molecule has 1 aliphatic carbocycles. The Balaban J connectivity index is 2.38. The van der Waals surface area contributed by atoms with Crippen LogP contribution in [0.3, 0.4) is 0 Å². The highest BCUT2D eigenvalue weighted by Crippen LogP contribution is 2.52. The summed E-state index contributed by atoms with van der Waals surface area (Å²) in [5.74, 6) is 0.243. The largest absolute Gasteiger partial charge is 0.497 e. The van der Waals surface area contributed by atoms with Gasteiger partial charge in [-0.05, 0) is 49.2 Å². The molecule has 0 bridgehead atoms. The summed E-state index contributed by atoms with van der Waals surface area (Å²) >= 11 is 0. The summed E-state index contributed by atoms with van der Waals surface area (Å²) in [5.41, 5.74) is -0.601. The van der Waals surface area contributed by atoms with E-state index in [2.05, 4.69) is 39.9 Å². The zero-order chi connectivity index (χ0) is 24.9. The van der Waals surface area contributed by atoms with Crippen molar-refractivity contribution in [2.24, 2.45) is 10.8 Å². The molecule has 0 N–H and O–H groups in total. The van der Waals surface area contributed by atoms with Crippen molar-refractivity contribution in [3.63, 3.8) is 0 Å². The van der Waals surface area contributed by atoms with E-state index in [0.29, 0.717) is 25.2 Å². The second-order valence-electron chi connectivity index (χ2n) is 10.8. The van der Waals surface area contributed by atoms with Gasteiger partial charge in [-0.1, -0.05) is 58.0 Å². The number of allylic oxidation sites excluding steroid dienone is 2. The summed E-state index contributed by atoms with van der Waals surface area (Å²) in [7, 11) is -2.11. The maximum atomic E-state index is 11.6. The minimum absolute atomic E-state index is 0.0332. The predicted octanol–water partition coefficient (Wildman–Crippen LogP) is 6.88. The molecule has 180 valence electrons. The zero-order valence-electron chi connectivity index (χ0n) is 21.4. The van der Waals surface area contributed by atoms with Gasteiger partial charge in [0.15, 0.2) is 8.32 Å². The van der Waals surface area contributed by atoms with Gasteiger partial charge in [-0.3, -0.25) is 4.79 Å². The monoisotopic (exact) mass is 469 g/mol. The molecule has 2 rings (SSSR count). The van der Waals surface area contributed by atoms with E-state index < -0.39 is 19.1 Å². The number of ether oxygens (including phenoxy) is 2. The SMILES string of the molecule is CC(=O)OC1=C[C@](C)([C@](C)(C#N)/C=C\OCc2ccccc2)[C@@H](O[Si](C)(C)C(C)(C)C)CC1. The summed E-state index contributed by atoms with van der Waals surface area (Å²) in [5, 5.41) is 10.4. The third-order valence-corrected chi connectivity index (χ3v) is 11.7. The van der Waals surface area contributed by atoms with E-state index in [1.54, 1.807) is 6.26 Å². The molecule has 1 aliphatic rings. The van der Waals surface area contributed by atoms with Crippen molar-refractivity contribution in [1.29, 1.82) is 5.26 Å². The van der Waals surface area contributed by atoms with E-state index in [1.807, 2.05) is 56.3 Å². The normalized spacial score (nSPS) is 23.4. The minimum atomic E-state index is -2.11. The van der Waals surface area contributed by atoms with Gasteiger partial charge in [-0.2, -0.15) is 5.26 Å². The number of rotatable bonds is 8. The molecule has 0 heterocycles. The fraction of sp³-hybridized carbons (Fsp3) is 0.556. The lowest BCUT2D eigenvalue weighted by Gasteiger charge is -2.50. The molecule has 0 aliphatic heterocycles. The Morgan fingerprint density at radius 1 is 1.24 bits per heavy atom. The quantitative estimate of drug-likeness (QED) is 0.236. The first-order chi connectivity index (χ1) is 15.2. The molecule has 3 atom stereocenters. The minimum Gasteiger partial charge on any atom is -0.497 e. The molecule has 0 radical (unpaired) electrons. The molecule has 0 saturated carbocycles. The Morgan fingerprint density at radius 2 is 1.88 bits per heavy atom. The highest BCUT2D eigenvalue weighted by molar-refractivity contribution is 6.74. The lowest BCUT2D eigenvalue weighted by atomic mass is 9.60. The number of nitriles is 1. The molecule has 0 unspecified atom stereocenters. The summed E-state index contributed by atoms with van der Waals surface area (Å²) in [6.07, 6.45) is 6.44. The second-order valence-corrected chi connectivity index (χ2v) is 15.6. The van der Waals surface area contributed by atoms with E-state index in [-0.39, 0.29) is 17.1 Å². The predicted molar refractivity (Wildman–Crippen MR) is 133 cm³/mol. The van der Waals surface area contributed by atoms with E-state index >= 15 is 0 Å². The molecule has 6 heteroatoms.